The molecular formula is C13H13N5OS. The number of nitrogens with zero attached hydrogens (tertiary/aromatic N) is 4. The van der Waals surface area contributed by atoms with Gasteiger partial charge in [-0.3, -0.25) is 4.79 Å². The van der Waals surface area contributed by atoms with Gasteiger partial charge in [0.25, 0.3) is 0 Å². The zero-order valence-corrected chi connectivity index (χ0v) is 11.7. The number of hydrogen-bond donors (Lipinski definition) is 1. The van der Waals surface area contributed by atoms with Crippen LogP contribution in [0.25, 0.3) is 0 Å². The lowest BCUT2D eigenvalue weighted by Crippen LogP contribution is -2.15. The van der Waals surface area contributed by atoms with Gasteiger partial charge in [0.15, 0.2) is 5.16 Å². The summed E-state index contributed by atoms with van der Waals surface area (Å²) in [4.78, 5) is 11.9. The van der Waals surface area contributed by atoms with Crippen LogP contribution >= 0.6 is 11.8 Å². The van der Waals surface area contributed by atoms with Crippen LogP contribution in [0.1, 0.15) is 12.5 Å². The number of para-hydroxylation sites is 1. The molecule has 0 radical (unpaired) electrons. The molecule has 0 fully saturated rings. The smallest absolute Gasteiger partial charge is 0.234 e. The third kappa shape index (κ3) is 3.36. The number of nitriles is 1. The molecule has 20 heavy (non-hydrogen) atoms. The van der Waals surface area contributed by atoms with Gasteiger partial charge in [-0.1, -0.05) is 23.9 Å². The van der Waals surface area contributed by atoms with Crippen molar-refractivity contribution < 1.29 is 4.79 Å². The Labute approximate surface area is 120 Å². The van der Waals surface area contributed by atoms with E-state index >= 15 is 0 Å². The quantitative estimate of drug-likeness (QED) is 0.849. The Kier molecular flexibility index (Phi) is 4.74. The molecule has 0 aliphatic rings. The Morgan fingerprint density at radius 3 is 3.05 bits per heavy atom. The largest absolute Gasteiger partial charge is 0.324 e. The molecule has 0 bridgehead atoms. The number of aromatic nitrogens is 3. The highest BCUT2D eigenvalue weighted by Gasteiger charge is 2.09. The first-order valence-corrected chi connectivity index (χ1v) is 7.02. The minimum Gasteiger partial charge on any atom is -0.324 e. The minimum absolute atomic E-state index is 0.177. The Morgan fingerprint density at radius 1 is 1.50 bits per heavy atom. The molecule has 1 heterocycles. The average molecular weight is 287 g/mol. The molecule has 2 rings (SSSR count). The number of nitrogens with one attached hydrogen (secondary N) is 1. The van der Waals surface area contributed by atoms with Gasteiger partial charge in [0.05, 0.1) is 17.0 Å². The number of aryl methyl sites for hydroxylation is 1. The number of thioether (sulfide) groups is 1. The van der Waals surface area contributed by atoms with Crippen LogP contribution in [0.15, 0.2) is 35.7 Å². The Hall–Kier alpha value is -2.33. The van der Waals surface area contributed by atoms with E-state index in [9.17, 15) is 4.79 Å². The lowest BCUT2D eigenvalue weighted by molar-refractivity contribution is -0.113. The topological polar surface area (TPSA) is 83.6 Å². The van der Waals surface area contributed by atoms with Crippen LogP contribution in [0.5, 0.6) is 0 Å². The summed E-state index contributed by atoms with van der Waals surface area (Å²) in [6, 6.07) is 8.94. The maximum Gasteiger partial charge on any atom is 0.234 e. The van der Waals surface area contributed by atoms with Crippen LogP contribution in [0.3, 0.4) is 0 Å². The molecule has 0 aliphatic heterocycles. The summed E-state index contributed by atoms with van der Waals surface area (Å²) < 4.78 is 1.86. The average Bonchev–Trinajstić information content (AvgIpc) is 2.93. The summed E-state index contributed by atoms with van der Waals surface area (Å²) in [5.41, 5.74) is 0.972. The molecule has 0 saturated heterocycles. The second kappa shape index (κ2) is 6.73. The monoisotopic (exact) mass is 287 g/mol. The zero-order valence-electron chi connectivity index (χ0n) is 10.9. The summed E-state index contributed by atoms with van der Waals surface area (Å²) in [6.07, 6.45) is 1.63. The van der Waals surface area contributed by atoms with Crippen molar-refractivity contribution in [1.29, 1.82) is 5.26 Å². The first-order chi connectivity index (χ1) is 9.74. The van der Waals surface area contributed by atoms with E-state index in [0.717, 1.165) is 6.54 Å². The second-order valence-electron chi connectivity index (χ2n) is 3.89. The van der Waals surface area contributed by atoms with Gasteiger partial charge in [-0.15, -0.1) is 10.2 Å². The van der Waals surface area contributed by atoms with E-state index in [2.05, 4.69) is 15.5 Å². The number of carbonyl (C=O) groups is 1. The fourth-order valence-corrected chi connectivity index (χ4v) is 2.36. The third-order valence-electron chi connectivity index (χ3n) is 2.57. The summed E-state index contributed by atoms with van der Waals surface area (Å²) in [5, 5.41) is 20.1. The summed E-state index contributed by atoms with van der Waals surface area (Å²) >= 11 is 1.31. The molecule has 1 amide bonds. The van der Waals surface area contributed by atoms with Crippen LogP contribution in [-0.4, -0.2) is 26.4 Å². The van der Waals surface area contributed by atoms with Gasteiger partial charge in [0.1, 0.15) is 12.4 Å². The van der Waals surface area contributed by atoms with Gasteiger partial charge in [0.2, 0.25) is 5.91 Å². The van der Waals surface area contributed by atoms with Crippen molar-refractivity contribution in [1.82, 2.24) is 14.8 Å². The molecule has 1 N–H and O–H groups in total. The Balaban J connectivity index is 1.95. The van der Waals surface area contributed by atoms with Crippen molar-refractivity contribution in [3.63, 3.8) is 0 Å². The molecular weight excluding hydrogens is 274 g/mol. The number of amides is 1. The second-order valence-corrected chi connectivity index (χ2v) is 4.84. The van der Waals surface area contributed by atoms with Gasteiger partial charge < -0.3 is 9.88 Å². The van der Waals surface area contributed by atoms with E-state index in [4.69, 9.17) is 5.26 Å². The lowest BCUT2D eigenvalue weighted by Gasteiger charge is -2.06. The third-order valence-corrected chi connectivity index (χ3v) is 3.56. The predicted octanol–water partition coefficient (Wildman–Crippen LogP) is 1.90. The van der Waals surface area contributed by atoms with E-state index in [1.807, 2.05) is 17.6 Å². The van der Waals surface area contributed by atoms with E-state index in [-0.39, 0.29) is 11.7 Å². The highest BCUT2D eigenvalue weighted by atomic mass is 32.2. The van der Waals surface area contributed by atoms with Gasteiger partial charge >= 0.3 is 0 Å². The van der Waals surface area contributed by atoms with Crippen molar-refractivity contribution in [2.24, 2.45) is 0 Å². The van der Waals surface area contributed by atoms with Crippen molar-refractivity contribution in [2.75, 3.05) is 11.1 Å². The number of hydrogen-bond acceptors (Lipinski definition) is 5. The highest BCUT2D eigenvalue weighted by molar-refractivity contribution is 7.99. The first kappa shape index (κ1) is 14.1. The van der Waals surface area contributed by atoms with Gasteiger partial charge in [-0.05, 0) is 19.1 Å². The summed E-state index contributed by atoms with van der Waals surface area (Å²) in [7, 11) is 0. The van der Waals surface area contributed by atoms with Crippen LogP contribution in [0.2, 0.25) is 0 Å². The van der Waals surface area contributed by atoms with Crippen molar-refractivity contribution in [3.05, 3.63) is 36.2 Å². The minimum atomic E-state index is -0.177. The van der Waals surface area contributed by atoms with Gasteiger partial charge in [0, 0.05) is 6.54 Å². The number of benzene rings is 1. The SMILES string of the molecule is CCn1cnnc1SCC(=O)Nc1ccccc1C#N. The standard InChI is InChI=1S/C13H13N5OS/c1-2-18-9-15-17-13(18)20-8-12(19)16-11-6-4-3-5-10(11)7-14/h3-6,9H,2,8H2,1H3,(H,16,19). The van der Waals surface area contributed by atoms with E-state index in [1.165, 1.54) is 11.8 Å². The fraction of sp³-hybridized carbons (Fsp3) is 0.231. The van der Waals surface area contributed by atoms with Gasteiger partial charge in [-0.25, -0.2) is 0 Å². The fourth-order valence-electron chi connectivity index (χ4n) is 1.58. The van der Waals surface area contributed by atoms with E-state index in [0.29, 0.717) is 16.4 Å². The van der Waals surface area contributed by atoms with E-state index < -0.39 is 0 Å². The molecule has 0 spiro atoms. The van der Waals surface area contributed by atoms with Crippen molar-refractivity contribution >= 4 is 23.4 Å². The zero-order chi connectivity index (χ0) is 14.4. The first-order valence-electron chi connectivity index (χ1n) is 6.04. The predicted molar refractivity (Wildman–Crippen MR) is 76.2 cm³/mol. The van der Waals surface area contributed by atoms with Crippen LogP contribution in [-0.2, 0) is 11.3 Å². The van der Waals surface area contributed by atoms with Crippen molar-refractivity contribution in [3.8, 4) is 6.07 Å². The Morgan fingerprint density at radius 2 is 2.30 bits per heavy atom. The number of carbonyl (C=O) groups excluding carboxylic acids is 1. The molecule has 7 heteroatoms. The molecule has 0 saturated carbocycles. The van der Waals surface area contributed by atoms with Crippen LogP contribution in [0.4, 0.5) is 5.69 Å². The highest BCUT2D eigenvalue weighted by Crippen LogP contribution is 2.17. The number of anilines is 1. The van der Waals surface area contributed by atoms with Gasteiger partial charge in [-0.2, -0.15) is 5.26 Å². The molecule has 0 unspecified atom stereocenters. The normalized spacial score (nSPS) is 10.0. The summed E-state index contributed by atoms with van der Waals surface area (Å²) in [5.74, 6) is 0.0432. The molecule has 1 aromatic heterocycles. The maximum absolute atomic E-state index is 11.9. The van der Waals surface area contributed by atoms with Crippen LogP contribution in [0, 0.1) is 11.3 Å². The Bertz CT molecular complexity index is 646. The number of rotatable bonds is 5. The lowest BCUT2D eigenvalue weighted by atomic mass is 10.2. The molecule has 0 aliphatic carbocycles. The molecule has 2 aromatic rings. The molecule has 6 nitrogen and oxygen atoms in total. The molecule has 1 aromatic carbocycles. The molecule has 102 valence electrons. The van der Waals surface area contributed by atoms with E-state index in [1.54, 1.807) is 30.6 Å². The maximum atomic E-state index is 11.9. The van der Waals surface area contributed by atoms with Crippen molar-refractivity contribution in [2.45, 2.75) is 18.6 Å². The summed E-state index contributed by atoms with van der Waals surface area (Å²) in [6.45, 7) is 2.74. The molecule has 0 atom stereocenters. The van der Waals surface area contributed by atoms with Crippen LogP contribution < -0.4 is 5.32 Å².